The van der Waals surface area contributed by atoms with Crippen LogP contribution in [-0.2, 0) is 0 Å². The number of rotatable bonds is 4. The van der Waals surface area contributed by atoms with E-state index >= 15 is 0 Å². The summed E-state index contributed by atoms with van der Waals surface area (Å²) in [5.41, 5.74) is 10.00. The molecule has 0 aromatic carbocycles. The van der Waals surface area contributed by atoms with Crippen molar-refractivity contribution in [3.63, 3.8) is 0 Å². The van der Waals surface area contributed by atoms with Gasteiger partial charge in [0.05, 0.1) is 0 Å². The summed E-state index contributed by atoms with van der Waals surface area (Å²) in [6.45, 7) is 0.417. The van der Waals surface area contributed by atoms with E-state index in [9.17, 15) is 9.59 Å². The standard InChI is InChI=1S/C6H10N6O3/c7-4-3(11-15-12-4)5(13)9-1-2-10-6(8)14/h1-2H2,(H2,7,12)(H,9,13)(H3,8,10,14). The van der Waals surface area contributed by atoms with Crippen LogP contribution in [0.25, 0.3) is 0 Å². The highest BCUT2D eigenvalue weighted by Crippen LogP contribution is 2.02. The Morgan fingerprint density at radius 2 is 1.93 bits per heavy atom. The summed E-state index contributed by atoms with van der Waals surface area (Å²) in [5.74, 6) is -0.615. The van der Waals surface area contributed by atoms with E-state index in [1.807, 2.05) is 0 Å². The molecule has 0 fully saturated rings. The predicted octanol–water partition coefficient (Wildman–Crippen LogP) is -1.95. The van der Waals surface area contributed by atoms with Crippen LogP contribution >= 0.6 is 0 Å². The van der Waals surface area contributed by atoms with Crippen molar-refractivity contribution in [1.29, 1.82) is 0 Å². The molecule has 6 N–H and O–H groups in total. The highest BCUT2D eigenvalue weighted by atomic mass is 16.6. The first kappa shape index (κ1) is 10.8. The van der Waals surface area contributed by atoms with E-state index in [2.05, 4.69) is 25.6 Å². The molecule has 0 unspecified atom stereocenters. The van der Waals surface area contributed by atoms with Gasteiger partial charge in [-0.05, 0) is 10.3 Å². The van der Waals surface area contributed by atoms with Crippen LogP contribution in [0.3, 0.4) is 0 Å². The van der Waals surface area contributed by atoms with E-state index in [0.29, 0.717) is 0 Å². The lowest BCUT2D eigenvalue weighted by molar-refractivity contribution is 0.0944. The molecule has 15 heavy (non-hydrogen) atoms. The van der Waals surface area contributed by atoms with Crippen molar-refractivity contribution in [1.82, 2.24) is 20.9 Å². The Balaban J connectivity index is 2.31. The lowest BCUT2D eigenvalue weighted by Gasteiger charge is -2.02. The highest BCUT2D eigenvalue weighted by molar-refractivity contribution is 5.95. The van der Waals surface area contributed by atoms with Crippen molar-refractivity contribution in [2.45, 2.75) is 0 Å². The van der Waals surface area contributed by atoms with Crippen molar-refractivity contribution in [2.75, 3.05) is 18.8 Å². The maximum absolute atomic E-state index is 11.3. The molecular weight excluding hydrogens is 204 g/mol. The van der Waals surface area contributed by atoms with Gasteiger partial charge in [0, 0.05) is 13.1 Å². The van der Waals surface area contributed by atoms with Gasteiger partial charge in [-0.1, -0.05) is 0 Å². The first-order valence-corrected chi connectivity index (χ1v) is 4.01. The number of hydrogen-bond donors (Lipinski definition) is 4. The molecule has 1 aromatic heterocycles. The second kappa shape index (κ2) is 4.79. The van der Waals surface area contributed by atoms with Crippen LogP contribution in [0.2, 0.25) is 0 Å². The molecule has 1 heterocycles. The zero-order chi connectivity index (χ0) is 11.3. The van der Waals surface area contributed by atoms with Crippen LogP contribution in [0.1, 0.15) is 10.5 Å². The summed E-state index contributed by atoms with van der Waals surface area (Å²) in [4.78, 5) is 21.5. The average molecular weight is 214 g/mol. The quantitative estimate of drug-likeness (QED) is 0.428. The Morgan fingerprint density at radius 1 is 1.27 bits per heavy atom. The molecule has 82 valence electrons. The van der Waals surface area contributed by atoms with Crippen LogP contribution < -0.4 is 22.1 Å². The molecular formula is C6H10N6O3. The van der Waals surface area contributed by atoms with Gasteiger partial charge in [-0.25, -0.2) is 9.42 Å². The summed E-state index contributed by atoms with van der Waals surface area (Å²) >= 11 is 0. The Morgan fingerprint density at radius 3 is 2.47 bits per heavy atom. The Hall–Kier alpha value is -2.32. The van der Waals surface area contributed by atoms with Gasteiger partial charge in [0.2, 0.25) is 11.5 Å². The number of anilines is 1. The van der Waals surface area contributed by atoms with Gasteiger partial charge in [-0.2, -0.15) is 0 Å². The largest absolute Gasteiger partial charge is 0.379 e. The number of carbonyl (C=O) groups excluding carboxylic acids is 2. The highest BCUT2D eigenvalue weighted by Gasteiger charge is 2.14. The Labute approximate surface area is 84.1 Å². The number of nitrogens with one attached hydrogen (secondary N) is 2. The fourth-order valence-corrected chi connectivity index (χ4v) is 0.798. The molecule has 0 radical (unpaired) electrons. The fourth-order valence-electron chi connectivity index (χ4n) is 0.798. The topological polar surface area (TPSA) is 149 Å². The van der Waals surface area contributed by atoms with Gasteiger partial charge >= 0.3 is 6.03 Å². The molecule has 0 spiro atoms. The minimum absolute atomic E-state index is 0.0876. The monoisotopic (exact) mass is 214 g/mol. The molecule has 0 bridgehead atoms. The van der Waals surface area contributed by atoms with Crippen molar-refractivity contribution in [3.05, 3.63) is 5.69 Å². The van der Waals surface area contributed by atoms with Gasteiger partial charge in [-0.3, -0.25) is 4.79 Å². The Bertz CT molecular complexity index is 362. The van der Waals surface area contributed by atoms with Gasteiger partial charge < -0.3 is 22.1 Å². The first-order chi connectivity index (χ1) is 7.11. The number of carbonyl (C=O) groups is 2. The molecule has 0 atom stereocenters. The normalized spacial score (nSPS) is 9.60. The smallest absolute Gasteiger partial charge is 0.312 e. The third kappa shape index (κ3) is 3.14. The number of amides is 3. The molecule has 3 amide bonds. The number of nitrogen functional groups attached to an aromatic ring is 1. The molecule has 9 heteroatoms. The van der Waals surface area contributed by atoms with E-state index in [0.717, 1.165) is 0 Å². The third-order valence-electron chi connectivity index (χ3n) is 1.44. The fraction of sp³-hybridized carbons (Fsp3) is 0.333. The van der Waals surface area contributed by atoms with Gasteiger partial charge in [0.15, 0.2) is 0 Å². The summed E-state index contributed by atoms with van der Waals surface area (Å²) in [6, 6.07) is -0.660. The van der Waals surface area contributed by atoms with E-state index in [-0.39, 0.29) is 24.6 Å². The maximum atomic E-state index is 11.3. The molecule has 0 saturated carbocycles. The summed E-state index contributed by atoms with van der Waals surface area (Å²) in [5, 5.41) is 11.3. The SMILES string of the molecule is NC(=O)NCCNC(=O)c1nonc1N. The van der Waals surface area contributed by atoms with Crippen molar-refractivity contribution in [3.8, 4) is 0 Å². The first-order valence-electron chi connectivity index (χ1n) is 4.01. The molecule has 1 rings (SSSR count). The van der Waals surface area contributed by atoms with Crippen LogP contribution in [-0.4, -0.2) is 35.3 Å². The summed E-state index contributed by atoms with van der Waals surface area (Å²) in [7, 11) is 0. The van der Waals surface area contributed by atoms with E-state index in [4.69, 9.17) is 11.5 Å². The third-order valence-corrected chi connectivity index (χ3v) is 1.44. The second-order valence-electron chi connectivity index (χ2n) is 2.54. The minimum atomic E-state index is -0.660. The number of nitrogens with zero attached hydrogens (tertiary/aromatic N) is 2. The Kier molecular flexibility index (Phi) is 3.43. The number of aromatic nitrogens is 2. The van der Waals surface area contributed by atoms with Gasteiger partial charge in [0.25, 0.3) is 5.91 Å². The predicted molar refractivity (Wildman–Crippen MR) is 48.6 cm³/mol. The summed E-state index contributed by atoms with van der Waals surface area (Å²) in [6.07, 6.45) is 0. The lowest BCUT2D eigenvalue weighted by atomic mass is 10.4. The molecule has 1 aromatic rings. The number of nitrogens with two attached hydrogens (primary N) is 2. The number of hydrogen-bond acceptors (Lipinski definition) is 6. The van der Waals surface area contributed by atoms with Crippen molar-refractivity contribution < 1.29 is 14.2 Å². The van der Waals surface area contributed by atoms with Gasteiger partial charge in [0.1, 0.15) is 0 Å². The molecule has 0 saturated heterocycles. The van der Waals surface area contributed by atoms with E-state index in [1.165, 1.54) is 0 Å². The second-order valence-corrected chi connectivity index (χ2v) is 2.54. The molecule has 0 aliphatic rings. The van der Waals surface area contributed by atoms with Crippen LogP contribution in [0, 0.1) is 0 Å². The van der Waals surface area contributed by atoms with Crippen molar-refractivity contribution in [2.24, 2.45) is 5.73 Å². The average Bonchev–Trinajstić information content (AvgIpc) is 2.58. The zero-order valence-electron chi connectivity index (χ0n) is 7.69. The van der Waals surface area contributed by atoms with Crippen molar-refractivity contribution >= 4 is 17.8 Å². The molecule has 9 nitrogen and oxygen atoms in total. The van der Waals surface area contributed by atoms with E-state index in [1.54, 1.807) is 0 Å². The van der Waals surface area contributed by atoms with Crippen LogP contribution in [0.5, 0.6) is 0 Å². The van der Waals surface area contributed by atoms with Crippen LogP contribution in [0.15, 0.2) is 4.63 Å². The summed E-state index contributed by atoms with van der Waals surface area (Å²) < 4.78 is 4.24. The number of urea groups is 1. The van der Waals surface area contributed by atoms with E-state index < -0.39 is 11.9 Å². The molecule has 0 aliphatic carbocycles. The zero-order valence-corrected chi connectivity index (χ0v) is 7.69. The minimum Gasteiger partial charge on any atom is -0.379 e. The number of primary amides is 1. The maximum Gasteiger partial charge on any atom is 0.312 e. The van der Waals surface area contributed by atoms with Gasteiger partial charge in [-0.15, -0.1) is 0 Å². The lowest BCUT2D eigenvalue weighted by Crippen LogP contribution is -2.37. The van der Waals surface area contributed by atoms with Crippen LogP contribution in [0.4, 0.5) is 10.6 Å². The molecule has 0 aliphatic heterocycles.